The van der Waals surface area contributed by atoms with Gasteiger partial charge in [-0.15, -0.1) is 0 Å². The van der Waals surface area contributed by atoms with Gasteiger partial charge in [0.05, 0.1) is 6.07 Å². The minimum Gasteiger partial charge on any atom is -0.301 e. The third kappa shape index (κ3) is 4.59. The molecule has 0 radical (unpaired) electrons. The molecule has 30 heavy (non-hydrogen) atoms. The van der Waals surface area contributed by atoms with E-state index in [0.29, 0.717) is 0 Å². The summed E-state index contributed by atoms with van der Waals surface area (Å²) >= 11 is 0. The fraction of sp³-hybridized carbons (Fsp3) is 0.308. The van der Waals surface area contributed by atoms with E-state index < -0.39 is 5.41 Å². The molecule has 0 N–H and O–H groups in total. The van der Waals surface area contributed by atoms with Crippen molar-refractivity contribution in [3.63, 3.8) is 0 Å². The van der Waals surface area contributed by atoms with Gasteiger partial charge in [-0.3, -0.25) is 9.88 Å². The molecule has 4 heteroatoms. The average molecular weight is 397 g/mol. The average Bonchev–Trinajstić information content (AvgIpc) is 2.83. The minimum atomic E-state index is -0.614. The van der Waals surface area contributed by atoms with Crippen molar-refractivity contribution in [2.45, 2.75) is 18.4 Å². The number of hydrogen-bond acceptors (Lipinski definition) is 4. The molecule has 0 saturated carbocycles. The summed E-state index contributed by atoms with van der Waals surface area (Å²) in [6.45, 7) is 6.08. The molecule has 1 aliphatic rings. The van der Waals surface area contributed by atoms with E-state index in [0.717, 1.165) is 56.8 Å². The Morgan fingerprint density at radius 3 is 1.83 bits per heavy atom. The first kappa shape index (κ1) is 20.3. The number of rotatable bonds is 7. The molecule has 4 nitrogen and oxygen atoms in total. The van der Waals surface area contributed by atoms with Gasteiger partial charge in [0, 0.05) is 51.7 Å². The molecule has 1 aromatic heterocycles. The van der Waals surface area contributed by atoms with Gasteiger partial charge in [0.15, 0.2) is 0 Å². The van der Waals surface area contributed by atoms with Crippen LogP contribution in [0.1, 0.15) is 23.1 Å². The van der Waals surface area contributed by atoms with Crippen molar-refractivity contribution in [3.05, 3.63) is 102 Å². The SMILES string of the molecule is N#CC(CCN1CCN(Cc2ccncc2)CC1)(c1ccccc1)c1ccccc1. The van der Waals surface area contributed by atoms with Gasteiger partial charge >= 0.3 is 0 Å². The van der Waals surface area contributed by atoms with Crippen LogP contribution in [0.4, 0.5) is 0 Å². The van der Waals surface area contributed by atoms with Crippen LogP contribution in [0.25, 0.3) is 0 Å². The van der Waals surface area contributed by atoms with Crippen LogP contribution in [0.2, 0.25) is 0 Å². The van der Waals surface area contributed by atoms with Gasteiger partial charge in [-0.1, -0.05) is 60.7 Å². The molecular formula is C26H28N4. The van der Waals surface area contributed by atoms with Crippen molar-refractivity contribution >= 4 is 0 Å². The Hall–Kier alpha value is -3.00. The summed E-state index contributed by atoms with van der Waals surface area (Å²) in [6, 6.07) is 27.4. The van der Waals surface area contributed by atoms with Gasteiger partial charge in [-0.05, 0) is 35.2 Å². The maximum absolute atomic E-state index is 10.3. The molecule has 152 valence electrons. The fourth-order valence-corrected chi connectivity index (χ4v) is 4.33. The second-order valence-corrected chi connectivity index (χ2v) is 7.97. The van der Waals surface area contributed by atoms with Gasteiger partial charge < -0.3 is 4.90 Å². The van der Waals surface area contributed by atoms with Crippen molar-refractivity contribution in [1.82, 2.24) is 14.8 Å². The summed E-state index contributed by atoms with van der Waals surface area (Å²) < 4.78 is 0. The summed E-state index contributed by atoms with van der Waals surface area (Å²) in [6.07, 6.45) is 4.52. The Morgan fingerprint density at radius 1 is 0.767 bits per heavy atom. The fourth-order valence-electron chi connectivity index (χ4n) is 4.33. The van der Waals surface area contributed by atoms with Crippen molar-refractivity contribution < 1.29 is 0 Å². The van der Waals surface area contributed by atoms with Crippen LogP contribution in [0, 0.1) is 11.3 Å². The summed E-state index contributed by atoms with van der Waals surface area (Å²) in [5.74, 6) is 0. The Labute approximate surface area is 179 Å². The van der Waals surface area contributed by atoms with E-state index in [1.54, 1.807) is 0 Å². The summed E-state index contributed by atoms with van der Waals surface area (Å²) in [5, 5.41) is 10.3. The van der Waals surface area contributed by atoms with E-state index in [4.69, 9.17) is 0 Å². The molecule has 0 amide bonds. The van der Waals surface area contributed by atoms with Crippen LogP contribution < -0.4 is 0 Å². The van der Waals surface area contributed by atoms with E-state index in [1.165, 1.54) is 5.56 Å². The molecule has 4 rings (SSSR count). The smallest absolute Gasteiger partial charge is 0.108 e. The van der Waals surface area contributed by atoms with E-state index in [1.807, 2.05) is 48.8 Å². The molecule has 0 spiro atoms. The molecule has 1 aliphatic heterocycles. The summed E-state index contributed by atoms with van der Waals surface area (Å²) in [5.41, 5.74) is 2.86. The molecule has 3 aromatic rings. The van der Waals surface area contributed by atoms with Crippen LogP contribution in [0.5, 0.6) is 0 Å². The number of aromatic nitrogens is 1. The Bertz CT molecular complexity index is 903. The Morgan fingerprint density at radius 2 is 1.30 bits per heavy atom. The van der Waals surface area contributed by atoms with Crippen molar-refractivity contribution in [2.75, 3.05) is 32.7 Å². The van der Waals surface area contributed by atoms with Gasteiger partial charge in [0.25, 0.3) is 0 Å². The van der Waals surface area contributed by atoms with Gasteiger partial charge in [0.1, 0.15) is 5.41 Å². The topological polar surface area (TPSA) is 43.2 Å². The summed E-state index contributed by atoms with van der Waals surface area (Å²) in [4.78, 5) is 9.10. The zero-order valence-corrected chi connectivity index (χ0v) is 17.3. The maximum Gasteiger partial charge on any atom is 0.108 e. The zero-order chi connectivity index (χ0) is 20.7. The molecule has 0 aliphatic carbocycles. The van der Waals surface area contributed by atoms with E-state index in [-0.39, 0.29) is 0 Å². The highest BCUT2D eigenvalue weighted by Crippen LogP contribution is 2.35. The summed E-state index contributed by atoms with van der Waals surface area (Å²) in [7, 11) is 0. The molecule has 1 fully saturated rings. The van der Waals surface area contributed by atoms with Crippen LogP contribution in [0.3, 0.4) is 0 Å². The number of hydrogen-bond donors (Lipinski definition) is 0. The van der Waals surface area contributed by atoms with Crippen LogP contribution in [0.15, 0.2) is 85.2 Å². The molecule has 2 heterocycles. The maximum atomic E-state index is 10.3. The zero-order valence-electron chi connectivity index (χ0n) is 17.3. The molecular weight excluding hydrogens is 368 g/mol. The standard InChI is InChI=1S/C26H28N4/c27-22-26(24-7-3-1-4-8-24,25-9-5-2-6-10-25)13-16-29-17-19-30(20-18-29)21-23-11-14-28-15-12-23/h1-12,14-15H,13,16-21H2. The quantitative estimate of drug-likeness (QED) is 0.603. The monoisotopic (exact) mass is 396 g/mol. The third-order valence-electron chi connectivity index (χ3n) is 6.15. The van der Waals surface area contributed by atoms with Crippen LogP contribution in [-0.2, 0) is 12.0 Å². The number of benzene rings is 2. The number of pyridine rings is 1. The van der Waals surface area contributed by atoms with Gasteiger partial charge in [-0.2, -0.15) is 5.26 Å². The largest absolute Gasteiger partial charge is 0.301 e. The molecule has 0 atom stereocenters. The van der Waals surface area contributed by atoms with Crippen molar-refractivity contribution in [3.8, 4) is 6.07 Å². The van der Waals surface area contributed by atoms with E-state index >= 15 is 0 Å². The first-order chi connectivity index (χ1) is 14.8. The Kier molecular flexibility index (Phi) is 6.53. The molecule has 0 bridgehead atoms. The highest BCUT2D eigenvalue weighted by atomic mass is 15.3. The molecule has 2 aromatic carbocycles. The van der Waals surface area contributed by atoms with Crippen molar-refractivity contribution in [1.29, 1.82) is 5.26 Å². The second kappa shape index (κ2) is 9.67. The first-order valence-corrected chi connectivity index (χ1v) is 10.7. The number of piperazine rings is 1. The predicted molar refractivity (Wildman–Crippen MR) is 120 cm³/mol. The van der Waals surface area contributed by atoms with E-state index in [9.17, 15) is 5.26 Å². The van der Waals surface area contributed by atoms with E-state index in [2.05, 4.69) is 57.3 Å². The lowest BCUT2D eigenvalue weighted by molar-refractivity contribution is 0.123. The van der Waals surface area contributed by atoms with Gasteiger partial charge in [0.2, 0.25) is 0 Å². The van der Waals surface area contributed by atoms with Crippen LogP contribution in [-0.4, -0.2) is 47.5 Å². The normalized spacial score (nSPS) is 15.6. The second-order valence-electron chi connectivity index (χ2n) is 7.97. The third-order valence-corrected chi connectivity index (χ3v) is 6.15. The lowest BCUT2D eigenvalue weighted by Gasteiger charge is -2.37. The first-order valence-electron chi connectivity index (χ1n) is 10.7. The highest BCUT2D eigenvalue weighted by Gasteiger charge is 2.35. The number of nitriles is 1. The van der Waals surface area contributed by atoms with Crippen LogP contribution >= 0.6 is 0 Å². The number of nitrogens with zero attached hydrogens (tertiary/aromatic N) is 4. The lowest BCUT2D eigenvalue weighted by atomic mass is 9.73. The molecule has 1 saturated heterocycles. The lowest BCUT2D eigenvalue weighted by Crippen LogP contribution is -2.47. The Balaban J connectivity index is 1.42. The molecule has 0 unspecified atom stereocenters. The highest BCUT2D eigenvalue weighted by molar-refractivity contribution is 5.45. The minimum absolute atomic E-state index is 0.614. The van der Waals surface area contributed by atoms with Crippen molar-refractivity contribution in [2.24, 2.45) is 0 Å². The predicted octanol–water partition coefficient (Wildman–Crippen LogP) is 4.10. The van der Waals surface area contributed by atoms with Gasteiger partial charge in [-0.25, -0.2) is 0 Å².